The normalized spacial score (nSPS) is 32.8. The molecule has 3 aliphatic rings. The van der Waals surface area contributed by atoms with Crippen LogP contribution in [0.25, 0.3) is 0 Å². The summed E-state index contributed by atoms with van der Waals surface area (Å²) in [6.07, 6.45) is 4.40. The minimum Gasteiger partial charge on any atom is -0.332 e. The smallest absolute Gasteiger partial charge is 0.240 e. The number of fused-ring (bicyclic) bond motifs is 6. The van der Waals surface area contributed by atoms with E-state index in [1.807, 2.05) is 0 Å². The fraction of sp³-hybridized carbons (Fsp3) is 0.562. The second-order valence-electron chi connectivity index (χ2n) is 6.19. The van der Waals surface area contributed by atoms with Gasteiger partial charge in [-0.15, -0.1) is 0 Å². The van der Waals surface area contributed by atoms with Crippen LogP contribution in [-0.2, 0) is 11.2 Å². The van der Waals surface area contributed by atoms with Crippen molar-refractivity contribution in [2.45, 2.75) is 50.7 Å². The SMILES string of the molecule is Cc1ccc2c(c1)C1C3CCCC(N3)C(=O)N1CC2. The summed E-state index contributed by atoms with van der Waals surface area (Å²) >= 11 is 0. The predicted octanol–water partition coefficient (Wildman–Crippen LogP) is 1.95. The van der Waals surface area contributed by atoms with Crippen molar-refractivity contribution >= 4 is 5.91 Å². The Morgan fingerprint density at radius 3 is 3.11 bits per heavy atom. The molecule has 3 aliphatic heterocycles. The Morgan fingerprint density at radius 2 is 2.21 bits per heavy atom. The van der Waals surface area contributed by atoms with E-state index in [-0.39, 0.29) is 12.1 Å². The van der Waals surface area contributed by atoms with Crippen molar-refractivity contribution in [3.8, 4) is 0 Å². The molecule has 3 unspecified atom stereocenters. The first-order chi connectivity index (χ1) is 9.24. The van der Waals surface area contributed by atoms with Gasteiger partial charge in [0.25, 0.3) is 0 Å². The van der Waals surface area contributed by atoms with E-state index in [2.05, 4.69) is 35.3 Å². The fourth-order valence-electron chi connectivity index (χ4n) is 4.06. The number of nitrogens with zero attached hydrogens (tertiary/aromatic N) is 1. The zero-order valence-electron chi connectivity index (χ0n) is 11.4. The molecule has 3 atom stereocenters. The van der Waals surface area contributed by atoms with Crippen LogP contribution in [0.15, 0.2) is 18.2 Å². The number of aryl methyl sites for hydroxylation is 1. The molecular formula is C16H20N2O. The van der Waals surface area contributed by atoms with Crippen LogP contribution in [-0.4, -0.2) is 29.4 Å². The molecule has 2 bridgehead atoms. The summed E-state index contributed by atoms with van der Waals surface area (Å²) in [5.41, 5.74) is 4.12. The zero-order chi connectivity index (χ0) is 13.0. The minimum atomic E-state index is 0.0846. The van der Waals surface area contributed by atoms with Crippen molar-refractivity contribution < 1.29 is 4.79 Å². The predicted molar refractivity (Wildman–Crippen MR) is 73.9 cm³/mol. The number of amides is 1. The Hall–Kier alpha value is -1.35. The Morgan fingerprint density at radius 1 is 1.32 bits per heavy atom. The van der Waals surface area contributed by atoms with Gasteiger partial charge in [-0.25, -0.2) is 0 Å². The average molecular weight is 256 g/mol. The molecule has 0 aliphatic carbocycles. The monoisotopic (exact) mass is 256 g/mol. The van der Waals surface area contributed by atoms with Crippen LogP contribution >= 0.6 is 0 Å². The quantitative estimate of drug-likeness (QED) is 0.769. The van der Waals surface area contributed by atoms with Crippen LogP contribution in [0.5, 0.6) is 0 Å². The summed E-state index contributed by atoms with van der Waals surface area (Å²) in [4.78, 5) is 14.7. The Balaban J connectivity index is 1.81. The molecule has 1 amide bonds. The molecule has 1 aromatic carbocycles. The lowest BCUT2D eigenvalue weighted by molar-refractivity contribution is -0.143. The van der Waals surface area contributed by atoms with Gasteiger partial charge >= 0.3 is 0 Å². The summed E-state index contributed by atoms with van der Waals surface area (Å²) in [5, 5.41) is 3.57. The van der Waals surface area contributed by atoms with Crippen molar-refractivity contribution in [2.24, 2.45) is 0 Å². The van der Waals surface area contributed by atoms with Crippen molar-refractivity contribution in [1.29, 1.82) is 0 Å². The molecule has 19 heavy (non-hydrogen) atoms. The molecule has 3 nitrogen and oxygen atoms in total. The molecule has 0 radical (unpaired) electrons. The number of carbonyl (C=O) groups is 1. The number of carbonyl (C=O) groups excluding carboxylic acids is 1. The first-order valence-corrected chi connectivity index (χ1v) is 7.40. The maximum Gasteiger partial charge on any atom is 0.240 e. The fourth-order valence-corrected chi connectivity index (χ4v) is 4.06. The Kier molecular flexibility index (Phi) is 2.46. The Labute approximate surface area is 114 Å². The molecule has 0 saturated carbocycles. The van der Waals surface area contributed by atoms with Gasteiger partial charge in [0.1, 0.15) is 0 Å². The number of benzene rings is 1. The maximum atomic E-state index is 12.5. The first kappa shape index (κ1) is 11.5. The van der Waals surface area contributed by atoms with E-state index in [4.69, 9.17) is 0 Å². The van der Waals surface area contributed by atoms with Gasteiger partial charge in [-0.2, -0.15) is 0 Å². The maximum absolute atomic E-state index is 12.5. The summed E-state index contributed by atoms with van der Waals surface area (Å²) in [7, 11) is 0. The van der Waals surface area contributed by atoms with E-state index in [0.717, 1.165) is 19.4 Å². The average Bonchev–Trinajstić information content (AvgIpc) is 2.44. The zero-order valence-corrected chi connectivity index (χ0v) is 11.4. The highest BCUT2D eigenvalue weighted by Gasteiger charge is 2.45. The van der Waals surface area contributed by atoms with E-state index in [9.17, 15) is 4.79 Å². The van der Waals surface area contributed by atoms with E-state index >= 15 is 0 Å². The van der Waals surface area contributed by atoms with E-state index in [1.54, 1.807) is 0 Å². The number of nitrogens with one attached hydrogen (secondary N) is 1. The molecule has 1 aromatic rings. The summed E-state index contributed by atoms with van der Waals surface area (Å²) in [6.45, 7) is 3.04. The molecule has 0 aromatic heterocycles. The lowest BCUT2D eigenvalue weighted by Gasteiger charge is -2.50. The van der Waals surface area contributed by atoms with Gasteiger partial charge in [-0.1, -0.05) is 23.8 Å². The standard InChI is InChI=1S/C16H20N2O/c1-10-5-6-11-7-8-18-15(12(11)9-10)13-3-2-4-14(17-13)16(18)19/h5-6,9,13-15,17H,2-4,7-8H2,1H3. The lowest BCUT2D eigenvalue weighted by atomic mass is 9.80. The van der Waals surface area contributed by atoms with Gasteiger partial charge in [0.2, 0.25) is 5.91 Å². The van der Waals surface area contributed by atoms with Gasteiger partial charge in [-0.05, 0) is 43.7 Å². The first-order valence-electron chi connectivity index (χ1n) is 7.40. The van der Waals surface area contributed by atoms with Crippen molar-refractivity contribution in [3.63, 3.8) is 0 Å². The largest absolute Gasteiger partial charge is 0.332 e. The van der Waals surface area contributed by atoms with Gasteiger partial charge in [0, 0.05) is 12.6 Å². The Bertz CT molecular complexity index is 540. The van der Waals surface area contributed by atoms with Crippen molar-refractivity contribution in [1.82, 2.24) is 10.2 Å². The van der Waals surface area contributed by atoms with Gasteiger partial charge in [0.05, 0.1) is 12.1 Å². The molecule has 1 N–H and O–H groups in total. The third-order valence-electron chi connectivity index (χ3n) is 4.96. The van der Waals surface area contributed by atoms with E-state index < -0.39 is 0 Å². The third kappa shape index (κ3) is 1.64. The number of piperazine rings is 1. The molecule has 2 fully saturated rings. The van der Waals surface area contributed by atoms with Crippen LogP contribution in [0.2, 0.25) is 0 Å². The topological polar surface area (TPSA) is 32.3 Å². The number of rotatable bonds is 0. The van der Waals surface area contributed by atoms with E-state index in [0.29, 0.717) is 11.9 Å². The summed E-state index contributed by atoms with van der Waals surface area (Å²) < 4.78 is 0. The second-order valence-corrected chi connectivity index (χ2v) is 6.19. The van der Waals surface area contributed by atoms with Crippen LogP contribution in [0.1, 0.15) is 42.0 Å². The van der Waals surface area contributed by atoms with Crippen LogP contribution < -0.4 is 5.32 Å². The molecular weight excluding hydrogens is 236 g/mol. The molecule has 4 rings (SSSR count). The number of hydrogen-bond donors (Lipinski definition) is 1. The van der Waals surface area contributed by atoms with E-state index in [1.165, 1.54) is 29.5 Å². The number of piperidine rings is 1. The lowest BCUT2D eigenvalue weighted by Crippen LogP contribution is -2.64. The highest BCUT2D eigenvalue weighted by Crippen LogP contribution is 2.39. The van der Waals surface area contributed by atoms with Crippen molar-refractivity contribution in [2.75, 3.05) is 6.54 Å². The molecule has 3 heteroatoms. The minimum absolute atomic E-state index is 0.0846. The molecule has 100 valence electrons. The summed E-state index contributed by atoms with van der Waals surface area (Å²) in [5.74, 6) is 0.327. The molecule has 2 saturated heterocycles. The third-order valence-corrected chi connectivity index (χ3v) is 4.96. The highest BCUT2D eigenvalue weighted by atomic mass is 16.2. The summed E-state index contributed by atoms with van der Waals surface area (Å²) in [6, 6.07) is 7.54. The second kappa shape index (κ2) is 4.07. The van der Waals surface area contributed by atoms with Crippen LogP contribution in [0.4, 0.5) is 0 Å². The molecule has 3 heterocycles. The van der Waals surface area contributed by atoms with Gasteiger partial charge < -0.3 is 10.2 Å². The van der Waals surface area contributed by atoms with Gasteiger partial charge in [-0.3, -0.25) is 4.79 Å². The van der Waals surface area contributed by atoms with Crippen molar-refractivity contribution in [3.05, 3.63) is 34.9 Å². The van der Waals surface area contributed by atoms with Crippen LogP contribution in [0.3, 0.4) is 0 Å². The van der Waals surface area contributed by atoms with Crippen LogP contribution in [0, 0.1) is 6.92 Å². The van der Waals surface area contributed by atoms with Gasteiger partial charge in [0.15, 0.2) is 0 Å². The molecule has 0 spiro atoms. The highest BCUT2D eigenvalue weighted by molar-refractivity contribution is 5.84. The number of hydrogen-bond acceptors (Lipinski definition) is 2.